The van der Waals surface area contributed by atoms with Gasteiger partial charge in [-0.2, -0.15) is 0 Å². The molecule has 0 atom stereocenters. The molecule has 1 aromatic heterocycles. The summed E-state index contributed by atoms with van der Waals surface area (Å²) in [5, 5.41) is 10.2. The summed E-state index contributed by atoms with van der Waals surface area (Å²) in [7, 11) is 2.95. The van der Waals surface area contributed by atoms with Crippen LogP contribution in [-0.4, -0.2) is 24.2 Å². The second-order valence-corrected chi connectivity index (χ2v) is 9.39. The van der Waals surface area contributed by atoms with Crippen LogP contribution in [0.2, 0.25) is 0 Å². The van der Waals surface area contributed by atoms with E-state index < -0.39 is 0 Å². The highest BCUT2D eigenvalue weighted by molar-refractivity contribution is 5.85. The topological polar surface area (TPSA) is 45.2 Å². The van der Waals surface area contributed by atoms with E-state index in [-0.39, 0.29) is 0 Å². The zero-order valence-electron chi connectivity index (χ0n) is 23.9. The van der Waals surface area contributed by atoms with Crippen LogP contribution in [-0.2, 0) is 0 Å². The van der Waals surface area contributed by atoms with Crippen molar-refractivity contribution in [2.24, 2.45) is 0 Å². The van der Waals surface area contributed by atoms with E-state index in [1.807, 2.05) is 32.4 Å². The van der Waals surface area contributed by atoms with Gasteiger partial charge in [0.2, 0.25) is 0 Å². The molecule has 0 saturated carbocycles. The van der Waals surface area contributed by atoms with E-state index in [0.717, 1.165) is 35.1 Å². The molecule has 0 bridgehead atoms. The molecule has 0 aliphatic carbocycles. The third kappa shape index (κ3) is 7.16. The molecule has 3 heteroatoms. The van der Waals surface area contributed by atoms with Crippen molar-refractivity contribution in [3.8, 4) is 44.5 Å². The normalized spacial score (nSPS) is 11.1. The Morgan fingerprint density at radius 2 is 1.15 bits per heavy atom. The summed E-state index contributed by atoms with van der Waals surface area (Å²) in [5.41, 5.74) is 12.8. The summed E-state index contributed by atoms with van der Waals surface area (Å²) >= 11 is 0. The van der Waals surface area contributed by atoms with Crippen molar-refractivity contribution in [3.63, 3.8) is 0 Å². The molecule has 1 heterocycles. The lowest BCUT2D eigenvalue weighted by Gasteiger charge is -2.13. The third-order valence-corrected chi connectivity index (χ3v) is 6.80. The number of rotatable bonds is 8. The first-order valence-electron chi connectivity index (χ1n) is 13.6. The molecule has 0 saturated heterocycles. The fraction of sp³-hybridized carbons (Fsp3) is 0.0789. The van der Waals surface area contributed by atoms with E-state index in [2.05, 4.69) is 138 Å². The van der Waals surface area contributed by atoms with Gasteiger partial charge in [0.1, 0.15) is 0 Å². The molecule has 0 aliphatic heterocycles. The highest BCUT2D eigenvalue weighted by Gasteiger charge is 2.10. The fourth-order valence-electron chi connectivity index (χ4n) is 4.84. The molecule has 0 amide bonds. The monoisotopic (exact) mass is 536 g/mol. The van der Waals surface area contributed by atoms with Gasteiger partial charge in [-0.3, -0.25) is 4.98 Å². The number of nitrogens with zero attached hydrogens (tertiary/aromatic N) is 1. The third-order valence-electron chi connectivity index (χ3n) is 6.80. The van der Waals surface area contributed by atoms with E-state index in [1.54, 1.807) is 0 Å². The van der Waals surface area contributed by atoms with Crippen LogP contribution in [0.5, 0.6) is 0 Å². The predicted molar refractivity (Wildman–Crippen MR) is 177 cm³/mol. The molecule has 0 radical (unpaired) electrons. The van der Waals surface area contributed by atoms with Crippen molar-refractivity contribution in [2.75, 3.05) is 19.5 Å². The lowest BCUT2D eigenvalue weighted by atomic mass is 9.91. The zero-order valence-corrected chi connectivity index (χ0v) is 23.9. The first-order chi connectivity index (χ1) is 20.2. The number of aliphatic hydroxyl groups is 1. The van der Waals surface area contributed by atoms with Crippen LogP contribution in [0.4, 0.5) is 5.69 Å². The Morgan fingerprint density at radius 1 is 0.659 bits per heavy atom. The molecule has 41 heavy (non-hydrogen) atoms. The SMILES string of the molecule is C=C/C=C(\C=C/C)c1cc(-c2ccncc2)cc(-c2cccc(-c3cccc(-c4cccc(NC)c4)c3)c2)c1.CO. The highest BCUT2D eigenvalue weighted by atomic mass is 16.2. The van der Waals surface area contributed by atoms with Crippen LogP contribution in [0.25, 0.3) is 50.1 Å². The van der Waals surface area contributed by atoms with E-state index in [9.17, 15) is 0 Å². The number of aromatic nitrogens is 1. The molecule has 2 N–H and O–H groups in total. The van der Waals surface area contributed by atoms with Crippen LogP contribution < -0.4 is 5.32 Å². The van der Waals surface area contributed by atoms with E-state index in [1.165, 1.54) is 33.4 Å². The van der Waals surface area contributed by atoms with Gasteiger partial charge in [-0.25, -0.2) is 0 Å². The second kappa shape index (κ2) is 14.4. The first kappa shape index (κ1) is 29.0. The van der Waals surface area contributed by atoms with Crippen LogP contribution >= 0.6 is 0 Å². The van der Waals surface area contributed by atoms with Crippen molar-refractivity contribution in [1.82, 2.24) is 4.98 Å². The summed E-state index contributed by atoms with van der Waals surface area (Å²) < 4.78 is 0. The van der Waals surface area contributed by atoms with Gasteiger partial charge >= 0.3 is 0 Å². The maximum atomic E-state index is 7.00. The van der Waals surface area contributed by atoms with Gasteiger partial charge in [0.05, 0.1) is 0 Å². The number of hydrogen-bond donors (Lipinski definition) is 2. The lowest BCUT2D eigenvalue weighted by molar-refractivity contribution is 0.399. The Bertz CT molecular complexity index is 1670. The van der Waals surface area contributed by atoms with E-state index in [4.69, 9.17) is 5.11 Å². The lowest BCUT2D eigenvalue weighted by Crippen LogP contribution is -1.89. The van der Waals surface area contributed by atoms with Crippen LogP contribution in [0.1, 0.15) is 12.5 Å². The van der Waals surface area contributed by atoms with Crippen LogP contribution in [0, 0.1) is 0 Å². The quantitative estimate of drug-likeness (QED) is 0.194. The number of allylic oxidation sites excluding steroid dienone is 5. The van der Waals surface area contributed by atoms with E-state index in [0.29, 0.717) is 0 Å². The molecular formula is C38H36N2O. The average molecular weight is 537 g/mol. The Labute approximate surface area is 243 Å². The summed E-state index contributed by atoms with van der Waals surface area (Å²) in [6.07, 6.45) is 11.8. The molecule has 0 aliphatic rings. The largest absolute Gasteiger partial charge is 0.400 e. The zero-order chi connectivity index (χ0) is 29.0. The number of benzene rings is 4. The van der Waals surface area contributed by atoms with Crippen molar-refractivity contribution in [3.05, 3.63) is 152 Å². The molecule has 3 nitrogen and oxygen atoms in total. The van der Waals surface area contributed by atoms with Crippen molar-refractivity contribution in [2.45, 2.75) is 6.92 Å². The van der Waals surface area contributed by atoms with Crippen molar-refractivity contribution < 1.29 is 5.11 Å². The molecule has 204 valence electrons. The summed E-state index contributed by atoms with van der Waals surface area (Å²) in [4.78, 5) is 4.21. The second-order valence-electron chi connectivity index (χ2n) is 9.39. The van der Waals surface area contributed by atoms with Gasteiger partial charge in [-0.1, -0.05) is 79.4 Å². The Morgan fingerprint density at radius 3 is 1.68 bits per heavy atom. The number of aliphatic hydroxyl groups excluding tert-OH is 1. The summed E-state index contributed by atoms with van der Waals surface area (Å²) in [6.45, 7) is 5.97. The number of hydrogen-bond acceptors (Lipinski definition) is 3. The summed E-state index contributed by atoms with van der Waals surface area (Å²) in [5.74, 6) is 0. The molecule has 5 rings (SSSR count). The molecular weight excluding hydrogens is 500 g/mol. The van der Waals surface area contributed by atoms with Gasteiger partial charge in [0, 0.05) is 32.2 Å². The Kier molecular flexibility index (Phi) is 10.2. The van der Waals surface area contributed by atoms with Gasteiger partial charge in [-0.05, 0) is 117 Å². The fourth-order valence-corrected chi connectivity index (χ4v) is 4.84. The minimum atomic E-state index is 1.00. The number of nitrogens with one attached hydrogen (secondary N) is 1. The molecule has 0 spiro atoms. The van der Waals surface area contributed by atoms with Gasteiger partial charge in [0.15, 0.2) is 0 Å². The maximum Gasteiger partial charge on any atom is 0.0343 e. The number of anilines is 1. The maximum absolute atomic E-state index is 7.00. The number of pyridine rings is 1. The Hall–Kier alpha value is -4.99. The van der Waals surface area contributed by atoms with Gasteiger partial charge in [0.25, 0.3) is 0 Å². The van der Waals surface area contributed by atoms with Crippen molar-refractivity contribution >= 4 is 11.3 Å². The molecule has 4 aromatic carbocycles. The van der Waals surface area contributed by atoms with Gasteiger partial charge in [-0.15, -0.1) is 0 Å². The van der Waals surface area contributed by atoms with Crippen LogP contribution in [0.15, 0.2) is 146 Å². The highest BCUT2D eigenvalue weighted by Crippen LogP contribution is 2.34. The van der Waals surface area contributed by atoms with Crippen LogP contribution in [0.3, 0.4) is 0 Å². The average Bonchev–Trinajstić information content (AvgIpc) is 3.06. The van der Waals surface area contributed by atoms with Crippen molar-refractivity contribution in [1.29, 1.82) is 0 Å². The summed E-state index contributed by atoms with van der Waals surface area (Å²) in [6, 6.07) is 36.9. The molecule has 5 aromatic rings. The predicted octanol–water partition coefficient (Wildman–Crippen LogP) is 9.55. The van der Waals surface area contributed by atoms with Gasteiger partial charge < -0.3 is 10.4 Å². The smallest absolute Gasteiger partial charge is 0.0343 e. The molecule has 0 unspecified atom stereocenters. The standard InChI is InChI=1S/C37H32N2.CH4O/c1-4-9-27(10-5-2)34-23-35(28-17-19-39-20-18-28)25-36(24-34)32-14-7-12-30(22-32)29-11-6-13-31(21-29)33-15-8-16-37(26-33)38-3;1-2/h4-26,38H,1H2,2-3H3;2H,1H3/b10-5-,27-9+;. The minimum absolute atomic E-state index is 1.00. The Balaban J connectivity index is 0.00000189. The molecule has 0 fully saturated rings. The first-order valence-corrected chi connectivity index (χ1v) is 13.6. The van der Waals surface area contributed by atoms with E-state index >= 15 is 0 Å². The minimum Gasteiger partial charge on any atom is -0.400 e.